The van der Waals surface area contributed by atoms with E-state index in [4.69, 9.17) is 11.6 Å². The molecule has 124 valence electrons. The first kappa shape index (κ1) is 16.7. The lowest BCUT2D eigenvalue weighted by molar-refractivity contribution is -0.344. The zero-order chi connectivity index (χ0) is 16.9. The number of aromatic amines is 1. The maximum absolute atomic E-state index is 12.3. The second kappa shape index (κ2) is 7.64. The van der Waals surface area contributed by atoms with Gasteiger partial charge >= 0.3 is 0 Å². The maximum Gasteiger partial charge on any atom is 0.239 e. The summed E-state index contributed by atoms with van der Waals surface area (Å²) < 4.78 is 0. The first-order valence-corrected chi connectivity index (χ1v) is 9.07. The van der Waals surface area contributed by atoms with E-state index >= 15 is 0 Å². The lowest BCUT2D eigenvalue weighted by Gasteiger charge is -2.22. The Morgan fingerprint density at radius 2 is 2.21 bits per heavy atom. The van der Waals surface area contributed by atoms with Crippen molar-refractivity contribution in [1.29, 1.82) is 0 Å². The van der Waals surface area contributed by atoms with Crippen LogP contribution >= 0.6 is 22.9 Å². The predicted molar refractivity (Wildman–Crippen MR) is 99.6 cm³/mol. The van der Waals surface area contributed by atoms with E-state index in [0.29, 0.717) is 18.1 Å². The normalized spacial score (nSPS) is 10.8. The van der Waals surface area contributed by atoms with Crippen molar-refractivity contribution in [2.24, 2.45) is 0 Å². The molecule has 3 rings (SSSR count). The Kier molecular flexibility index (Phi) is 5.33. The molecule has 1 amide bonds. The number of halogens is 1. The Morgan fingerprint density at radius 1 is 1.33 bits per heavy atom. The van der Waals surface area contributed by atoms with Crippen molar-refractivity contribution in [2.75, 3.05) is 18.0 Å². The summed E-state index contributed by atoms with van der Waals surface area (Å²) in [5, 5.41) is 6.73. The van der Waals surface area contributed by atoms with Crippen molar-refractivity contribution in [2.45, 2.75) is 13.5 Å². The Morgan fingerprint density at radius 3 is 2.96 bits per heavy atom. The van der Waals surface area contributed by atoms with Crippen LogP contribution in [0.3, 0.4) is 0 Å². The van der Waals surface area contributed by atoms with Gasteiger partial charge in [-0.25, -0.2) is 4.98 Å². The van der Waals surface area contributed by atoms with Crippen LogP contribution in [-0.4, -0.2) is 19.0 Å². The van der Waals surface area contributed by atoms with E-state index in [-0.39, 0.29) is 5.91 Å². The molecule has 6 heteroatoms. The molecular weight excluding hydrogens is 342 g/mol. The van der Waals surface area contributed by atoms with Crippen LogP contribution in [0.4, 0.5) is 5.69 Å². The summed E-state index contributed by atoms with van der Waals surface area (Å²) in [7, 11) is 0. The summed E-state index contributed by atoms with van der Waals surface area (Å²) >= 11 is 7.71. The van der Waals surface area contributed by atoms with E-state index in [0.717, 1.165) is 28.0 Å². The van der Waals surface area contributed by atoms with Crippen LogP contribution in [0.15, 0.2) is 48.0 Å². The minimum atomic E-state index is 0.0141. The molecule has 0 aliphatic carbocycles. The standard InChI is InChI=1S/C18H18ClN3OS/c1-2-22(12-18(23)21-11-14-4-3-9-24-14)17-7-8-20-16-10-13(19)5-6-15(16)17/h3-10H,2,11-12H2,1H3,(H,21,23)/p+1. The highest BCUT2D eigenvalue weighted by atomic mass is 35.5. The molecule has 0 unspecified atom stereocenters. The predicted octanol–water partition coefficient (Wildman–Crippen LogP) is 3.51. The molecule has 3 aromatic rings. The van der Waals surface area contributed by atoms with Crippen molar-refractivity contribution in [3.8, 4) is 0 Å². The van der Waals surface area contributed by atoms with Crippen LogP contribution in [0.25, 0.3) is 10.9 Å². The molecule has 0 saturated carbocycles. The van der Waals surface area contributed by atoms with Gasteiger partial charge in [0.1, 0.15) is 0 Å². The van der Waals surface area contributed by atoms with Crippen LogP contribution in [-0.2, 0) is 11.3 Å². The monoisotopic (exact) mass is 360 g/mol. The third kappa shape index (κ3) is 3.86. The van der Waals surface area contributed by atoms with Gasteiger partial charge in [-0.05, 0) is 30.5 Å². The van der Waals surface area contributed by atoms with Gasteiger partial charge in [0.05, 0.1) is 24.2 Å². The number of benzene rings is 1. The molecule has 0 bridgehead atoms. The van der Waals surface area contributed by atoms with Gasteiger partial charge in [-0.1, -0.05) is 17.7 Å². The number of thiophene rings is 1. The van der Waals surface area contributed by atoms with Crippen LogP contribution < -0.4 is 15.2 Å². The molecule has 1 aromatic carbocycles. The summed E-state index contributed by atoms with van der Waals surface area (Å²) in [6.07, 6.45) is 1.88. The van der Waals surface area contributed by atoms with Crippen LogP contribution in [0.5, 0.6) is 0 Å². The molecule has 2 heterocycles. The van der Waals surface area contributed by atoms with Gasteiger partial charge in [0.15, 0.2) is 6.20 Å². The molecule has 4 nitrogen and oxygen atoms in total. The number of hydrogen-bond donors (Lipinski definition) is 1. The second-order valence-electron chi connectivity index (χ2n) is 5.42. The third-order valence-corrected chi connectivity index (χ3v) is 4.95. The Bertz CT molecular complexity index is 835. The van der Waals surface area contributed by atoms with Crippen LogP contribution in [0.1, 0.15) is 11.8 Å². The van der Waals surface area contributed by atoms with Crippen molar-refractivity contribution in [3.05, 3.63) is 57.9 Å². The number of fused-ring (bicyclic) bond motifs is 1. The quantitative estimate of drug-likeness (QED) is 0.731. The number of nitrogens with zero attached hydrogens (tertiary/aromatic N) is 1. The molecule has 0 saturated heterocycles. The number of hydrogen-bond acceptors (Lipinski definition) is 3. The molecule has 2 N–H and O–H groups in total. The largest absolute Gasteiger partial charge is 0.362 e. The maximum atomic E-state index is 12.3. The minimum Gasteiger partial charge on any atom is -0.362 e. The van der Waals surface area contributed by atoms with Gasteiger partial charge in [-0.3, -0.25) is 4.79 Å². The summed E-state index contributed by atoms with van der Waals surface area (Å²) in [5.74, 6) is 0.0141. The molecular formula is C18H19ClN3OS+. The fourth-order valence-electron chi connectivity index (χ4n) is 2.63. The van der Waals surface area contributed by atoms with Gasteiger partial charge in [-0.15, -0.1) is 11.3 Å². The minimum absolute atomic E-state index is 0.0141. The summed E-state index contributed by atoms with van der Waals surface area (Å²) in [5.41, 5.74) is 1.98. The summed E-state index contributed by atoms with van der Waals surface area (Å²) in [6.45, 7) is 3.69. The highest BCUT2D eigenvalue weighted by molar-refractivity contribution is 7.09. The number of anilines is 1. The number of carbonyl (C=O) groups excluding carboxylic acids is 1. The molecule has 0 aliphatic rings. The lowest BCUT2D eigenvalue weighted by Crippen LogP contribution is -2.37. The summed E-state index contributed by atoms with van der Waals surface area (Å²) in [6, 6.07) is 11.7. The van der Waals surface area contributed by atoms with Gasteiger partial charge < -0.3 is 10.2 Å². The molecule has 0 fully saturated rings. The molecule has 0 atom stereocenters. The fourth-order valence-corrected chi connectivity index (χ4v) is 3.45. The van der Waals surface area contributed by atoms with Crippen LogP contribution in [0.2, 0.25) is 5.02 Å². The molecule has 2 aromatic heterocycles. The van der Waals surface area contributed by atoms with E-state index in [1.165, 1.54) is 0 Å². The number of carbonyl (C=O) groups is 1. The Hall–Kier alpha value is -2.11. The van der Waals surface area contributed by atoms with Crippen molar-refractivity contribution >= 4 is 45.4 Å². The average molecular weight is 361 g/mol. The number of likely N-dealkylation sites (N-methyl/N-ethyl adjacent to an activating group) is 1. The lowest BCUT2D eigenvalue weighted by atomic mass is 10.1. The number of H-pyrrole nitrogens is 1. The SMILES string of the molecule is CCN(CC(=O)NCc1cccs1)c1cc[nH+]c2cc(Cl)ccc12. The van der Waals surface area contributed by atoms with Gasteiger partial charge in [-0.2, -0.15) is 0 Å². The zero-order valence-corrected chi connectivity index (χ0v) is 15.0. The van der Waals surface area contributed by atoms with Crippen molar-refractivity contribution in [1.82, 2.24) is 5.32 Å². The highest BCUT2D eigenvalue weighted by Crippen LogP contribution is 2.25. The van der Waals surface area contributed by atoms with Crippen molar-refractivity contribution in [3.63, 3.8) is 0 Å². The zero-order valence-electron chi connectivity index (χ0n) is 13.4. The first-order chi connectivity index (χ1) is 11.7. The summed E-state index contributed by atoms with van der Waals surface area (Å²) in [4.78, 5) is 18.7. The topological polar surface area (TPSA) is 46.5 Å². The van der Waals surface area contributed by atoms with E-state index in [2.05, 4.69) is 15.2 Å². The number of rotatable bonds is 6. The molecule has 24 heavy (non-hydrogen) atoms. The fraction of sp³-hybridized carbons (Fsp3) is 0.222. The van der Waals surface area contributed by atoms with Crippen LogP contribution in [0, 0.1) is 0 Å². The second-order valence-corrected chi connectivity index (χ2v) is 6.89. The number of amides is 1. The van der Waals surface area contributed by atoms with E-state index in [1.807, 2.05) is 54.9 Å². The highest BCUT2D eigenvalue weighted by Gasteiger charge is 2.15. The van der Waals surface area contributed by atoms with Gasteiger partial charge in [0, 0.05) is 28.6 Å². The first-order valence-electron chi connectivity index (χ1n) is 7.81. The Labute approximate surface area is 150 Å². The van der Waals surface area contributed by atoms with E-state index in [1.54, 1.807) is 11.3 Å². The van der Waals surface area contributed by atoms with E-state index < -0.39 is 0 Å². The number of nitrogens with one attached hydrogen (secondary N) is 2. The molecule has 0 aliphatic heterocycles. The van der Waals surface area contributed by atoms with Gasteiger partial charge in [0.2, 0.25) is 11.4 Å². The molecule has 0 spiro atoms. The smallest absolute Gasteiger partial charge is 0.239 e. The van der Waals surface area contributed by atoms with Crippen molar-refractivity contribution < 1.29 is 9.78 Å². The number of pyridine rings is 1. The Balaban J connectivity index is 1.75. The third-order valence-electron chi connectivity index (χ3n) is 3.83. The number of aromatic nitrogens is 1. The van der Waals surface area contributed by atoms with Gasteiger partial charge in [0.25, 0.3) is 0 Å². The average Bonchev–Trinajstić information content (AvgIpc) is 3.10. The molecule has 0 radical (unpaired) electrons. The van der Waals surface area contributed by atoms with E-state index in [9.17, 15) is 4.79 Å².